The number of hydrogen-bond donors (Lipinski definition) is 1. The molecule has 6 nitrogen and oxygen atoms in total. The van der Waals surface area contributed by atoms with E-state index >= 15 is 0 Å². The lowest BCUT2D eigenvalue weighted by molar-refractivity contribution is -0.384. The summed E-state index contributed by atoms with van der Waals surface area (Å²) in [7, 11) is 0. The molecule has 2 rings (SSSR count). The SMILES string of the molecule is CCNc1ccc([N+](=O)[O-])cc1CSc1nc(C)c(C)o1. The van der Waals surface area contributed by atoms with Gasteiger partial charge in [-0.1, -0.05) is 11.8 Å². The summed E-state index contributed by atoms with van der Waals surface area (Å²) in [4.78, 5) is 14.8. The fraction of sp³-hybridized carbons (Fsp3) is 0.357. The fourth-order valence-electron chi connectivity index (χ4n) is 1.82. The van der Waals surface area contributed by atoms with Crippen LogP contribution in [0.2, 0.25) is 0 Å². The van der Waals surface area contributed by atoms with Crippen LogP contribution in [-0.4, -0.2) is 16.5 Å². The van der Waals surface area contributed by atoms with E-state index in [2.05, 4.69) is 10.3 Å². The zero-order chi connectivity index (χ0) is 15.4. The highest BCUT2D eigenvalue weighted by atomic mass is 32.2. The molecule has 112 valence electrons. The van der Waals surface area contributed by atoms with Crippen LogP contribution in [0.15, 0.2) is 27.8 Å². The lowest BCUT2D eigenvalue weighted by Gasteiger charge is -2.09. The molecule has 1 N–H and O–H groups in total. The minimum absolute atomic E-state index is 0.0898. The molecule has 0 atom stereocenters. The van der Waals surface area contributed by atoms with Gasteiger partial charge in [-0.25, -0.2) is 4.98 Å². The summed E-state index contributed by atoms with van der Waals surface area (Å²) in [5, 5.41) is 14.7. The number of benzene rings is 1. The first-order chi connectivity index (χ1) is 10.0. The molecule has 0 unspecified atom stereocenters. The Labute approximate surface area is 127 Å². The highest BCUT2D eigenvalue weighted by molar-refractivity contribution is 7.98. The minimum Gasteiger partial charge on any atom is -0.437 e. The number of aromatic nitrogens is 1. The molecule has 1 aromatic heterocycles. The molecule has 0 radical (unpaired) electrons. The quantitative estimate of drug-likeness (QED) is 0.495. The van der Waals surface area contributed by atoms with Gasteiger partial charge < -0.3 is 9.73 Å². The Hall–Kier alpha value is -2.02. The molecule has 2 aromatic rings. The van der Waals surface area contributed by atoms with Gasteiger partial charge in [-0.3, -0.25) is 10.1 Å². The van der Waals surface area contributed by atoms with Crippen molar-refractivity contribution in [2.24, 2.45) is 0 Å². The van der Waals surface area contributed by atoms with Gasteiger partial charge in [0, 0.05) is 30.1 Å². The van der Waals surface area contributed by atoms with Crippen LogP contribution in [0.3, 0.4) is 0 Å². The second kappa shape index (κ2) is 6.62. The van der Waals surface area contributed by atoms with E-state index in [0.717, 1.165) is 29.2 Å². The lowest BCUT2D eigenvalue weighted by Crippen LogP contribution is -2.01. The van der Waals surface area contributed by atoms with Crippen LogP contribution in [-0.2, 0) is 5.75 Å². The summed E-state index contributed by atoms with van der Waals surface area (Å²) >= 11 is 1.43. The van der Waals surface area contributed by atoms with Gasteiger partial charge in [0.2, 0.25) is 0 Å². The first kappa shape index (κ1) is 15.4. The summed E-state index contributed by atoms with van der Waals surface area (Å²) in [6.45, 7) is 6.50. The van der Waals surface area contributed by atoms with Crippen LogP contribution >= 0.6 is 11.8 Å². The van der Waals surface area contributed by atoms with Crippen molar-refractivity contribution >= 4 is 23.1 Å². The second-order valence-corrected chi connectivity index (χ2v) is 5.47. The highest BCUT2D eigenvalue weighted by Gasteiger charge is 2.13. The number of rotatable bonds is 6. The number of oxazole rings is 1. The molecule has 0 bridgehead atoms. The van der Waals surface area contributed by atoms with Crippen LogP contribution < -0.4 is 5.32 Å². The largest absolute Gasteiger partial charge is 0.437 e. The minimum atomic E-state index is -0.386. The predicted molar refractivity (Wildman–Crippen MR) is 82.8 cm³/mol. The Morgan fingerprint density at radius 3 is 2.76 bits per heavy atom. The number of nitrogens with one attached hydrogen (secondary N) is 1. The van der Waals surface area contributed by atoms with Gasteiger partial charge in [0.25, 0.3) is 10.9 Å². The Morgan fingerprint density at radius 1 is 1.43 bits per heavy atom. The topological polar surface area (TPSA) is 81.2 Å². The molecule has 0 aliphatic rings. The Balaban J connectivity index is 2.19. The molecule has 21 heavy (non-hydrogen) atoms. The van der Waals surface area contributed by atoms with Crippen LogP contribution in [0.4, 0.5) is 11.4 Å². The van der Waals surface area contributed by atoms with Crippen molar-refractivity contribution in [3.05, 3.63) is 45.3 Å². The molecule has 1 heterocycles. The van der Waals surface area contributed by atoms with Crippen LogP contribution in [0.5, 0.6) is 0 Å². The number of nitrogens with zero attached hydrogens (tertiary/aromatic N) is 2. The van der Waals surface area contributed by atoms with Crippen molar-refractivity contribution in [3.8, 4) is 0 Å². The summed E-state index contributed by atoms with van der Waals surface area (Å²) in [5.41, 5.74) is 2.72. The molecular weight excluding hydrogens is 290 g/mol. The zero-order valence-electron chi connectivity index (χ0n) is 12.2. The van der Waals surface area contributed by atoms with E-state index in [1.165, 1.54) is 17.8 Å². The Morgan fingerprint density at radius 2 is 2.19 bits per heavy atom. The molecule has 0 aliphatic carbocycles. The van der Waals surface area contributed by atoms with Crippen LogP contribution in [0.1, 0.15) is 23.9 Å². The van der Waals surface area contributed by atoms with Gasteiger partial charge in [0.05, 0.1) is 10.6 Å². The van der Waals surface area contributed by atoms with Crippen LogP contribution in [0, 0.1) is 24.0 Å². The molecule has 1 aromatic carbocycles. The summed E-state index contributed by atoms with van der Waals surface area (Å²) in [6, 6.07) is 4.84. The molecule has 0 saturated heterocycles. The van der Waals surface area contributed by atoms with Gasteiger partial charge in [0.15, 0.2) is 0 Å². The van der Waals surface area contributed by atoms with Gasteiger partial charge in [0.1, 0.15) is 5.76 Å². The first-order valence-electron chi connectivity index (χ1n) is 6.59. The number of hydrogen-bond acceptors (Lipinski definition) is 6. The van der Waals surface area contributed by atoms with Crippen molar-refractivity contribution in [2.45, 2.75) is 31.7 Å². The van der Waals surface area contributed by atoms with E-state index in [4.69, 9.17) is 4.42 Å². The number of non-ortho nitro benzene ring substituents is 1. The van der Waals surface area contributed by atoms with Gasteiger partial charge >= 0.3 is 0 Å². The maximum absolute atomic E-state index is 10.9. The summed E-state index contributed by atoms with van der Waals surface area (Å²) < 4.78 is 5.51. The molecule has 0 amide bonds. The molecule has 0 aliphatic heterocycles. The van der Waals surface area contributed by atoms with Gasteiger partial charge in [-0.15, -0.1) is 0 Å². The number of nitro groups is 1. The van der Waals surface area contributed by atoms with E-state index in [1.54, 1.807) is 12.1 Å². The Kier molecular flexibility index (Phi) is 4.85. The maximum Gasteiger partial charge on any atom is 0.269 e. The normalized spacial score (nSPS) is 10.6. The predicted octanol–water partition coefficient (Wildman–Crippen LogP) is 3.92. The molecular formula is C14H17N3O3S. The zero-order valence-corrected chi connectivity index (χ0v) is 13.0. The average Bonchev–Trinajstić information content (AvgIpc) is 2.76. The van der Waals surface area contributed by atoms with Crippen molar-refractivity contribution in [1.29, 1.82) is 0 Å². The number of nitro benzene ring substituents is 1. The fourth-order valence-corrected chi connectivity index (χ4v) is 2.72. The number of aryl methyl sites for hydroxylation is 2. The Bertz CT molecular complexity index is 635. The molecule has 0 spiro atoms. The van der Waals surface area contributed by atoms with Crippen molar-refractivity contribution in [3.63, 3.8) is 0 Å². The molecule has 0 fully saturated rings. The maximum atomic E-state index is 10.9. The molecule has 7 heteroatoms. The first-order valence-corrected chi connectivity index (χ1v) is 7.57. The summed E-state index contributed by atoms with van der Waals surface area (Å²) in [5.74, 6) is 1.35. The van der Waals surface area contributed by atoms with E-state index in [-0.39, 0.29) is 10.6 Å². The smallest absolute Gasteiger partial charge is 0.269 e. The van der Waals surface area contributed by atoms with Crippen molar-refractivity contribution < 1.29 is 9.34 Å². The lowest BCUT2D eigenvalue weighted by atomic mass is 10.2. The van der Waals surface area contributed by atoms with Crippen molar-refractivity contribution in [1.82, 2.24) is 4.98 Å². The third-order valence-electron chi connectivity index (χ3n) is 3.03. The number of thioether (sulfide) groups is 1. The van der Waals surface area contributed by atoms with E-state index in [1.807, 2.05) is 20.8 Å². The van der Waals surface area contributed by atoms with Crippen LogP contribution in [0.25, 0.3) is 0 Å². The second-order valence-electron chi connectivity index (χ2n) is 4.54. The molecule has 0 saturated carbocycles. The van der Waals surface area contributed by atoms with Crippen molar-refractivity contribution in [2.75, 3.05) is 11.9 Å². The number of anilines is 1. The van der Waals surface area contributed by atoms with E-state index in [9.17, 15) is 10.1 Å². The third kappa shape index (κ3) is 3.75. The monoisotopic (exact) mass is 307 g/mol. The van der Waals surface area contributed by atoms with E-state index < -0.39 is 0 Å². The van der Waals surface area contributed by atoms with Gasteiger partial charge in [-0.05, 0) is 32.4 Å². The third-order valence-corrected chi connectivity index (χ3v) is 3.90. The highest BCUT2D eigenvalue weighted by Crippen LogP contribution is 2.30. The standard InChI is InChI=1S/C14H17N3O3S/c1-4-15-13-6-5-12(17(18)19)7-11(13)8-21-14-16-9(2)10(3)20-14/h5-7,15H,4,8H2,1-3H3. The summed E-state index contributed by atoms with van der Waals surface area (Å²) in [6.07, 6.45) is 0. The van der Waals surface area contributed by atoms with E-state index in [0.29, 0.717) is 11.0 Å². The average molecular weight is 307 g/mol. The van der Waals surface area contributed by atoms with Gasteiger partial charge in [-0.2, -0.15) is 0 Å².